The number of carbonyl (C=O) groups is 4. The van der Waals surface area contributed by atoms with E-state index in [1.807, 2.05) is 13.8 Å². The number of hydrogen-bond donors (Lipinski definition) is 4. The summed E-state index contributed by atoms with van der Waals surface area (Å²) >= 11 is 1.72. The van der Waals surface area contributed by atoms with Gasteiger partial charge >= 0.3 is 5.97 Å². The lowest BCUT2D eigenvalue weighted by atomic mass is 9.78. The Morgan fingerprint density at radius 2 is 1.61 bits per heavy atom. The number of aryl methyl sites for hydroxylation is 1. The molecular weight excluding hydrogens is 899 g/mol. The number of fused-ring (bicyclic) bond motifs is 3. The summed E-state index contributed by atoms with van der Waals surface area (Å²) in [5.41, 5.74) is 0.407. The minimum Gasteiger partial charge on any atom is -0.460 e. The average Bonchev–Trinajstić information content (AvgIpc) is 3.76. The molecule has 2 bridgehead atoms. The first-order valence-corrected chi connectivity index (χ1v) is 26.7. The number of aliphatic hydroxyl groups is 4. The van der Waals surface area contributed by atoms with E-state index in [0.29, 0.717) is 69.8 Å². The first kappa shape index (κ1) is 56.8. The molecule has 14 heteroatoms. The van der Waals surface area contributed by atoms with Crippen LogP contribution < -0.4 is 0 Å². The van der Waals surface area contributed by atoms with Gasteiger partial charge in [-0.15, -0.1) is 11.3 Å². The van der Waals surface area contributed by atoms with Gasteiger partial charge in [-0.25, -0.2) is 4.79 Å². The number of ketones is 2. The molecule has 13 nitrogen and oxygen atoms in total. The van der Waals surface area contributed by atoms with E-state index in [1.165, 1.54) is 21.8 Å². The van der Waals surface area contributed by atoms with Crippen LogP contribution in [0.2, 0.25) is 0 Å². The molecule has 4 aliphatic rings. The summed E-state index contributed by atoms with van der Waals surface area (Å²) in [5.74, 6) is -5.90. The molecule has 0 spiro atoms. The van der Waals surface area contributed by atoms with E-state index in [-0.39, 0.29) is 66.6 Å². The van der Waals surface area contributed by atoms with Crippen molar-refractivity contribution in [3.8, 4) is 0 Å². The summed E-state index contributed by atoms with van der Waals surface area (Å²) in [5, 5.41) is 46.3. The molecule has 2 unspecified atom stereocenters. The predicted octanol–water partition coefficient (Wildman–Crippen LogP) is 8.19. The molecule has 3 aliphatic heterocycles. The second kappa shape index (κ2) is 26.0. The summed E-state index contributed by atoms with van der Waals surface area (Å²) in [6.07, 6.45) is 10.3. The number of esters is 1. The Kier molecular flexibility index (Phi) is 21.4. The fraction of sp³-hybridized carbons (Fsp3) is 0.745. The minimum absolute atomic E-state index is 0.0291. The number of nitrogens with zero attached hydrogens (tertiary/aromatic N) is 1. The second-order valence-corrected chi connectivity index (χ2v) is 22.7. The van der Waals surface area contributed by atoms with Crippen molar-refractivity contribution in [3.05, 3.63) is 57.8 Å². The first-order chi connectivity index (χ1) is 32.7. The number of Topliss-reactive ketones (excluding diaryl/α,β-unsaturated/α-hetero) is 2. The van der Waals surface area contributed by atoms with E-state index in [2.05, 4.69) is 57.2 Å². The van der Waals surface area contributed by atoms with Gasteiger partial charge in [-0.05, 0) is 132 Å². The Hall–Kier alpha value is -3.08. The van der Waals surface area contributed by atoms with Crippen LogP contribution in [-0.4, -0.2) is 124 Å². The van der Waals surface area contributed by atoms with E-state index < -0.39 is 78.1 Å². The molecule has 4 heterocycles. The van der Waals surface area contributed by atoms with Crippen molar-refractivity contribution in [2.24, 2.45) is 41.4 Å². The smallest absolute Gasteiger partial charge is 0.329 e. The molecule has 1 saturated carbocycles. The van der Waals surface area contributed by atoms with Crippen molar-refractivity contribution >= 4 is 34.8 Å². The third kappa shape index (κ3) is 14.8. The normalized spacial score (nSPS) is 40.2. The van der Waals surface area contributed by atoms with Crippen molar-refractivity contribution in [1.82, 2.24) is 4.90 Å². The predicted molar refractivity (Wildman–Crippen MR) is 267 cm³/mol. The maximum absolute atomic E-state index is 14.5. The molecule has 2 saturated heterocycles. The number of piperidine rings is 1. The van der Waals surface area contributed by atoms with Crippen LogP contribution in [0.15, 0.2) is 48.1 Å². The van der Waals surface area contributed by atoms with Crippen molar-refractivity contribution in [2.75, 3.05) is 20.8 Å². The Morgan fingerprint density at radius 1 is 0.884 bits per heavy atom. The van der Waals surface area contributed by atoms with Crippen LogP contribution in [0.5, 0.6) is 0 Å². The number of carbonyl (C=O) groups excluding carboxylic acids is 4. The molecule has 1 aromatic heterocycles. The van der Waals surface area contributed by atoms with Crippen molar-refractivity contribution in [1.29, 1.82) is 0 Å². The van der Waals surface area contributed by atoms with Crippen molar-refractivity contribution in [2.45, 2.75) is 199 Å². The highest BCUT2D eigenvalue weighted by Crippen LogP contribution is 2.43. The van der Waals surface area contributed by atoms with Gasteiger partial charge in [-0.2, -0.15) is 0 Å². The van der Waals surface area contributed by atoms with Crippen molar-refractivity contribution in [3.63, 3.8) is 0 Å². The van der Waals surface area contributed by atoms with Crippen LogP contribution in [-0.2, 0) is 38.1 Å². The lowest BCUT2D eigenvalue weighted by Gasteiger charge is -2.46. The number of thiophene rings is 1. The molecule has 4 N–H and O–H groups in total. The van der Waals surface area contributed by atoms with Crippen LogP contribution in [0.25, 0.3) is 0 Å². The summed E-state index contributed by atoms with van der Waals surface area (Å²) in [7, 11) is 2.98. The second-order valence-electron chi connectivity index (χ2n) is 21.4. The highest BCUT2D eigenvalue weighted by Gasteiger charge is 2.53. The van der Waals surface area contributed by atoms with Crippen LogP contribution in [0.3, 0.4) is 0 Å². The molecule has 69 heavy (non-hydrogen) atoms. The Balaban J connectivity index is 1.48. The maximum atomic E-state index is 14.5. The van der Waals surface area contributed by atoms with Gasteiger partial charge in [0.1, 0.15) is 30.1 Å². The Bertz CT molecular complexity index is 1950. The molecule has 3 fully saturated rings. The maximum Gasteiger partial charge on any atom is 0.329 e. The molecule has 17 atom stereocenters. The third-order valence-electron chi connectivity index (χ3n) is 15.8. The standard InChI is InChI=1S/C55H85NO12S/c1-32-16-12-11-13-17-33(2)42(48-24-20-39(8)69-48)30-41-22-19-38(7)55(64,68-41)52(61)53(62)56-25-15-14-18-43(56)54(63)67-46(35(4)28-40-21-23-44(57)47(29-40)65-9)31-45(58)34(3)27-37(6)50(60)51(66-10)49(59)36(5)26-32/h12-13,16-17,20,24,27,32-36,38,40-44,46-47,50-52,57,60-61,64H,11,14-15,18-19,21-23,25-26,28-31H2,1-10H3/b16-12+,17-13+,37-27-/t32-,33?,34-,35-,36-,38-,40+,41+,42-,43+,44-,46+,47-,50-,51+,52?,55-/m1/s1. The van der Waals surface area contributed by atoms with E-state index in [9.17, 15) is 39.6 Å². The van der Waals surface area contributed by atoms with E-state index in [0.717, 1.165) is 6.42 Å². The van der Waals surface area contributed by atoms with E-state index >= 15 is 0 Å². The van der Waals surface area contributed by atoms with Crippen LogP contribution in [0, 0.1) is 48.3 Å². The van der Waals surface area contributed by atoms with E-state index in [4.69, 9.17) is 18.9 Å². The van der Waals surface area contributed by atoms with Gasteiger partial charge in [0.05, 0.1) is 18.3 Å². The van der Waals surface area contributed by atoms with Gasteiger partial charge in [0.2, 0.25) is 5.79 Å². The zero-order valence-electron chi connectivity index (χ0n) is 43.1. The van der Waals surface area contributed by atoms with Gasteiger partial charge in [0, 0.05) is 60.6 Å². The minimum atomic E-state index is -2.21. The Morgan fingerprint density at radius 3 is 2.29 bits per heavy atom. The highest BCUT2D eigenvalue weighted by atomic mass is 32.1. The quantitative estimate of drug-likeness (QED) is 0.158. The number of hydrogen-bond acceptors (Lipinski definition) is 13. The molecule has 5 rings (SSSR count). The molecule has 0 radical (unpaired) electrons. The zero-order chi connectivity index (χ0) is 50.7. The number of allylic oxidation sites excluding steroid dienone is 5. The number of ether oxygens (including phenoxy) is 4. The topological polar surface area (TPSA) is 189 Å². The van der Waals surface area contributed by atoms with Crippen molar-refractivity contribution < 1.29 is 58.6 Å². The molecule has 388 valence electrons. The molecule has 1 aromatic rings. The van der Waals surface area contributed by atoms with Crippen LogP contribution in [0.4, 0.5) is 0 Å². The first-order valence-electron chi connectivity index (χ1n) is 25.8. The molecular formula is C55H85NO12S. The number of rotatable bonds is 6. The summed E-state index contributed by atoms with van der Waals surface area (Å²) in [6.45, 7) is 15.4. The van der Waals surface area contributed by atoms with Gasteiger partial charge in [-0.1, -0.05) is 71.9 Å². The number of methoxy groups -OCH3 is 2. The monoisotopic (exact) mass is 984 g/mol. The van der Waals surface area contributed by atoms with Gasteiger partial charge in [-0.3, -0.25) is 14.4 Å². The SMILES string of the molecule is CO[C@@H]1C[C@H](C[C@@H](C)[C@@H]2CC(=O)[C@H](C)/C=C(/C)[C@@H](O)[C@@H](OC)C(=O)[C@H](C)C[C@H](C)/C=C/C/C=C/C(C)[C@H](c3ccc(C)s3)C[C@@H]3CC[C@@H](C)[C@@](O)(O3)C(O)C(=O)N3CCCC[C@H]3C(=O)O2)CC[C@H]1O. The fourth-order valence-electron chi connectivity index (χ4n) is 11.3. The lowest BCUT2D eigenvalue weighted by Crippen LogP contribution is -2.63. The van der Waals surface area contributed by atoms with Gasteiger partial charge < -0.3 is 44.3 Å². The summed E-state index contributed by atoms with van der Waals surface area (Å²) in [4.78, 5) is 60.7. The summed E-state index contributed by atoms with van der Waals surface area (Å²) in [6, 6.07) is 3.17. The molecule has 1 aliphatic carbocycles. The number of cyclic esters (lactones) is 1. The van der Waals surface area contributed by atoms with Gasteiger partial charge in [0.25, 0.3) is 5.91 Å². The fourth-order valence-corrected chi connectivity index (χ4v) is 12.4. The molecule has 0 aromatic carbocycles. The third-order valence-corrected chi connectivity index (χ3v) is 17.0. The van der Waals surface area contributed by atoms with E-state index in [1.54, 1.807) is 45.3 Å². The molecule has 1 amide bonds. The zero-order valence-corrected chi connectivity index (χ0v) is 43.9. The number of aliphatic hydroxyl groups excluding tert-OH is 3. The summed E-state index contributed by atoms with van der Waals surface area (Å²) < 4.78 is 24.0. The van der Waals surface area contributed by atoms with Crippen LogP contribution in [0.1, 0.15) is 148 Å². The van der Waals surface area contributed by atoms with Crippen LogP contribution >= 0.6 is 11.3 Å². The lowest BCUT2D eigenvalue weighted by molar-refractivity contribution is -0.316. The number of amides is 1. The van der Waals surface area contributed by atoms with Gasteiger partial charge in [0.15, 0.2) is 11.9 Å². The highest BCUT2D eigenvalue weighted by molar-refractivity contribution is 7.12. The largest absolute Gasteiger partial charge is 0.460 e. The Labute approximate surface area is 416 Å². The average molecular weight is 984 g/mol.